The average Bonchev–Trinajstić information content (AvgIpc) is 2.45. The second kappa shape index (κ2) is 9.42. The fourth-order valence-corrected chi connectivity index (χ4v) is 2.42. The molecule has 0 atom stereocenters. The predicted molar refractivity (Wildman–Crippen MR) is 91.6 cm³/mol. The Morgan fingerprint density at radius 1 is 1.00 bits per heavy atom. The van der Waals surface area contributed by atoms with Crippen molar-refractivity contribution in [2.45, 2.75) is 12.8 Å². The molecular weight excluding hydrogens is 299 g/mol. The van der Waals surface area contributed by atoms with E-state index in [0.717, 1.165) is 32.0 Å². The highest BCUT2D eigenvalue weighted by Gasteiger charge is 2.20. The van der Waals surface area contributed by atoms with Gasteiger partial charge < -0.3 is 14.7 Å². The van der Waals surface area contributed by atoms with E-state index >= 15 is 0 Å². The number of nitro groups is 1. The van der Waals surface area contributed by atoms with E-state index in [-0.39, 0.29) is 5.69 Å². The van der Waals surface area contributed by atoms with E-state index in [2.05, 4.69) is 9.80 Å². The van der Waals surface area contributed by atoms with Gasteiger partial charge in [0.2, 0.25) is 0 Å². The van der Waals surface area contributed by atoms with Crippen LogP contribution in [0.15, 0.2) is 18.2 Å². The minimum Gasteiger partial charge on any atom is -0.366 e. The van der Waals surface area contributed by atoms with Crippen LogP contribution >= 0.6 is 0 Å². The van der Waals surface area contributed by atoms with Crippen LogP contribution in [0.4, 0.5) is 15.8 Å². The molecule has 130 valence electrons. The van der Waals surface area contributed by atoms with Crippen LogP contribution in [-0.2, 0) is 0 Å². The van der Waals surface area contributed by atoms with Crippen LogP contribution in [0, 0.1) is 15.9 Å². The quantitative estimate of drug-likeness (QED) is 0.488. The predicted octanol–water partition coefficient (Wildman–Crippen LogP) is 2.44. The van der Waals surface area contributed by atoms with Crippen molar-refractivity contribution in [3.63, 3.8) is 0 Å². The Labute approximate surface area is 137 Å². The Balaban J connectivity index is 2.90. The molecule has 0 amide bonds. The molecule has 1 aromatic rings. The largest absolute Gasteiger partial charge is 0.366 e. The molecule has 0 aliphatic rings. The van der Waals surface area contributed by atoms with E-state index in [0.29, 0.717) is 18.8 Å². The second-order valence-electron chi connectivity index (χ2n) is 6.19. The summed E-state index contributed by atoms with van der Waals surface area (Å²) in [7, 11) is 7.99. The Morgan fingerprint density at radius 2 is 1.52 bits per heavy atom. The Bertz CT molecular complexity index is 495. The van der Waals surface area contributed by atoms with Crippen molar-refractivity contribution in [3.8, 4) is 0 Å². The number of nitrogens with zero attached hydrogens (tertiary/aromatic N) is 4. The van der Waals surface area contributed by atoms with E-state index in [1.54, 1.807) is 0 Å². The summed E-state index contributed by atoms with van der Waals surface area (Å²) in [4.78, 5) is 16.9. The zero-order valence-corrected chi connectivity index (χ0v) is 14.5. The molecule has 0 saturated carbocycles. The lowest BCUT2D eigenvalue weighted by Crippen LogP contribution is -2.30. The van der Waals surface area contributed by atoms with Gasteiger partial charge in [0, 0.05) is 13.1 Å². The van der Waals surface area contributed by atoms with Gasteiger partial charge in [-0.2, -0.15) is 0 Å². The second-order valence-corrected chi connectivity index (χ2v) is 6.19. The number of rotatable bonds is 10. The maximum Gasteiger partial charge on any atom is 0.295 e. The highest BCUT2D eigenvalue weighted by molar-refractivity contribution is 5.63. The molecule has 0 aromatic heterocycles. The van der Waals surface area contributed by atoms with Crippen molar-refractivity contribution in [1.29, 1.82) is 0 Å². The fraction of sp³-hybridized carbons (Fsp3) is 0.625. The first-order chi connectivity index (χ1) is 10.8. The number of benzene rings is 1. The normalized spacial score (nSPS) is 11.3. The van der Waals surface area contributed by atoms with E-state index < -0.39 is 10.7 Å². The number of nitro benzene ring substituents is 1. The molecule has 0 radical (unpaired) electrons. The van der Waals surface area contributed by atoms with Gasteiger partial charge in [0.25, 0.3) is 5.69 Å². The van der Waals surface area contributed by atoms with Crippen molar-refractivity contribution in [2.24, 2.45) is 0 Å². The van der Waals surface area contributed by atoms with Gasteiger partial charge in [0.05, 0.1) is 11.0 Å². The van der Waals surface area contributed by atoms with E-state index in [1.807, 2.05) is 33.1 Å². The molecule has 0 aliphatic carbocycles. The first-order valence-electron chi connectivity index (χ1n) is 7.79. The van der Waals surface area contributed by atoms with Gasteiger partial charge >= 0.3 is 0 Å². The highest BCUT2D eigenvalue weighted by atomic mass is 19.1. The number of anilines is 1. The summed E-state index contributed by atoms with van der Waals surface area (Å²) in [6.07, 6.45) is 1.78. The Hall–Kier alpha value is -1.73. The number of halogens is 1. The lowest BCUT2D eigenvalue weighted by atomic mass is 10.2. The molecule has 0 heterocycles. The molecule has 0 N–H and O–H groups in total. The summed E-state index contributed by atoms with van der Waals surface area (Å²) < 4.78 is 13.4. The molecule has 0 bridgehead atoms. The van der Waals surface area contributed by atoms with Crippen LogP contribution in [0.25, 0.3) is 0 Å². The minimum absolute atomic E-state index is 0.167. The molecule has 0 saturated heterocycles. The molecule has 1 rings (SSSR count). The van der Waals surface area contributed by atoms with Crippen molar-refractivity contribution in [3.05, 3.63) is 34.1 Å². The third-order valence-corrected chi connectivity index (χ3v) is 3.54. The summed E-state index contributed by atoms with van der Waals surface area (Å²) in [5, 5.41) is 11.2. The zero-order valence-electron chi connectivity index (χ0n) is 14.5. The average molecular weight is 326 g/mol. The van der Waals surface area contributed by atoms with E-state index in [9.17, 15) is 14.5 Å². The van der Waals surface area contributed by atoms with Gasteiger partial charge in [0.15, 0.2) is 0 Å². The zero-order chi connectivity index (χ0) is 17.4. The molecule has 23 heavy (non-hydrogen) atoms. The van der Waals surface area contributed by atoms with Gasteiger partial charge in [0.1, 0.15) is 11.5 Å². The van der Waals surface area contributed by atoms with Crippen LogP contribution < -0.4 is 4.90 Å². The molecule has 6 nitrogen and oxygen atoms in total. The molecule has 7 heteroatoms. The summed E-state index contributed by atoms with van der Waals surface area (Å²) in [5.74, 6) is -0.581. The van der Waals surface area contributed by atoms with Crippen LogP contribution in [-0.4, -0.2) is 69.1 Å². The Kier molecular flexibility index (Phi) is 7.91. The monoisotopic (exact) mass is 326 g/mol. The van der Waals surface area contributed by atoms with Crippen molar-refractivity contribution in [2.75, 3.05) is 59.3 Å². The van der Waals surface area contributed by atoms with Gasteiger partial charge in [-0.3, -0.25) is 10.1 Å². The Morgan fingerprint density at radius 3 is 1.96 bits per heavy atom. The minimum atomic E-state index is -0.581. The molecular formula is C16H27FN4O2. The first-order valence-corrected chi connectivity index (χ1v) is 7.79. The maximum atomic E-state index is 13.4. The van der Waals surface area contributed by atoms with Gasteiger partial charge in [-0.1, -0.05) is 0 Å². The third kappa shape index (κ3) is 6.92. The summed E-state index contributed by atoms with van der Waals surface area (Å²) in [6, 6.07) is 3.80. The van der Waals surface area contributed by atoms with Gasteiger partial charge in [-0.05, 0) is 66.3 Å². The smallest absolute Gasteiger partial charge is 0.295 e. The first kappa shape index (κ1) is 19.3. The topological polar surface area (TPSA) is 52.9 Å². The molecule has 0 unspecified atom stereocenters. The summed E-state index contributed by atoms with van der Waals surface area (Å²) in [6.45, 7) is 3.22. The molecule has 1 aromatic carbocycles. The van der Waals surface area contributed by atoms with Crippen molar-refractivity contribution >= 4 is 11.4 Å². The number of hydrogen-bond donors (Lipinski definition) is 0. The van der Waals surface area contributed by atoms with E-state index in [1.165, 1.54) is 12.1 Å². The highest BCUT2D eigenvalue weighted by Crippen LogP contribution is 2.29. The SMILES string of the molecule is CN(C)CCCN(CCCN(C)C)c1ccc(F)cc1[N+](=O)[O-]. The van der Waals surface area contributed by atoms with Crippen LogP contribution in [0.3, 0.4) is 0 Å². The fourth-order valence-electron chi connectivity index (χ4n) is 2.42. The number of hydrogen-bond acceptors (Lipinski definition) is 5. The molecule has 0 aliphatic heterocycles. The standard InChI is InChI=1S/C16H27FN4O2/c1-18(2)9-5-11-20(12-6-10-19(3)4)15-8-7-14(17)13-16(15)21(22)23/h7-8,13H,5-6,9-12H2,1-4H3. The van der Waals surface area contributed by atoms with Crippen molar-refractivity contribution in [1.82, 2.24) is 9.80 Å². The summed E-state index contributed by atoms with van der Waals surface area (Å²) >= 11 is 0. The van der Waals surface area contributed by atoms with Gasteiger partial charge in [-0.25, -0.2) is 4.39 Å². The lowest BCUT2D eigenvalue weighted by molar-refractivity contribution is -0.384. The van der Waals surface area contributed by atoms with Gasteiger partial charge in [-0.15, -0.1) is 0 Å². The van der Waals surface area contributed by atoms with E-state index in [4.69, 9.17) is 0 Å². The maximum absolute atomic E-state index is 13.4. The van der Waals surface area contributed by atoms with Crippen LogP contribution in [0.5, 0.6) is 0 Å². The lowest BCUT2D eigenvalue weighted by Gasteiger charge is -2.26. The van der Waals surface area contributed by atoms with Crippen molar-refractivity contribution < 1.29 is 9.31 Å². The summed E-state index contributed by atoms with van der Waals surface area (Å²) in [5.41, 5.74) is 0.327. The molecule has 0 spiro atoms. The molecule has 0 fully saturated rings. The third-order valence-electron chi connectivity index (χ3n) is 3.54. The van der Waals surface area contributed by atoms with Crippen LogP contribution in [0.2, 0.25) is 0 Å². The van der Waals surface area contributed by atoms with Crippen LogP contribution in [0.1, 0.15) is 12.8 Å².